The Morgan fingerprint density at radius 3 is 2.71 bits per heavy atom. The van der Waals surface area contributed by atoms with Crippen LogP contribution in [0.3, 0.4) is 0 Å². The maximum absolute atomic E-state index is 13.0. The molecule has 2 heterocycles. The molecular weight excluding hydrogens is 359 g/mol. The predicted molar refractivity (Wildman–Crippen MR) is 105 cm³/mol. The number of hydrogen-bond acceptors (Lipinski definition) is 5. The van der Waals surface area contributed by atoms with Gasteiger partial charge in [-0.1, -0.05) is 6.42 Å². The maximum Gasteiger partial charge on any atom is 0.256 e. The number of amides is 1. The molecule has 1 atom stereocenters. The number of ether oxygens (including phenoxy) is 1. The van der Waals surface area contributed by atoms with Gasteiger partial charge in [0.15, 0.2) is 0 Å². The molecule has 1 aliphatic rings. The minimum Gasteiger partial charge on any atom is -0.492 e. The van der Waals surface area contributed by atoms with Gasteiger partial charge < -0.3 is 9.64 Å². The molecule has 1 aromatic heterocycles. The summed E-state index contributed by atoms with van der Waals surface area (Å²) in [4.78, 5) is 25.2. The van der Waals surface area contributed by atoms with Crippen molar-refractivity contribution in [3.8, 4) is 5.75 Å². The summed E-state index contributed by atoms with van der Waals surface area (Å²) < 4.78 is 18.7. The first-order valence-electron chi connectivity index (χ1n) is 9.63. The van der Waals surface area contributed by atoms with E-state index in [4.69, 9.17) is 4.74 Å². The highest BCUT2D eigenvalue weighted by Crippen LogP contribution is 2.29. The van der Waals surface area contributed by atoms with Gasteiger partial charge in [0.2, 0.25) is 0 Å². The van der Waals surface area contributed by atoms with Gasteiger partial charge >= 0.3 is 0 Å². The molecule has 150 valence electrons. The largest absolute Gasteiger partial charge is 0.492 e. The molecule has 0 saturated carbocycles. The van der Waals surface area contributed by atoms with Crippen molar-refractivity contribution >= 4 is 5.91 Å². The molecule has 3 rings (SSSR count). The van der Waals surface area contributed by atoms with Crippen molar-refractivity contribution in [1.82, 2.24) is 19.8 Å². The smallest absolute Gasteiger partial charge is 0.256 e. The van der Waals surface area contributed by atoms with Crippen molar-refractivity contribution in [2.45, 2.75) is 32.2 Å². The van der Waals surface area contributed by atoms with Gasteiger partial charge in [0.05, 0.1) is 17.3 Å². The quantitative estimate of drug-likeness (QED) is 0.763. The average molecular weight is 386 g/mol. The van der Waals surface area contributed by atoms with E-state index in [1.165, 1.54) is 17.0 Å². The van der Waals surface area contributed by atoms with Crippen LogP contribution in [0.5, 0.6) is 5.75 Å². The number of likely N-dealkylation sites (tertiary alicyclic amines) is 1. The Morgan fingerprint density at radius 2 is 2.04 bits per heavy atom. The highest BCUT2D eigenvalue weighted by atomic mass is 19.1. The molecule has 1 saturated heterocycles. The van der Waals surface area contributed by atoms with Crippen LogP contribution in [0.2, 0.25) is 0 Å². The van der Waals surface area contributed by atoms with E-state index >= 15 is 0 Å². The lowest BCUT2D eigenvalue weighted by atomic mass is 10.0. The lowest BCUT2D eigenvalue weighted by Crippen LogP contribution is -2.37. The fourth-order valence-corrected chi connectivity index (χ4v) is 3.46. The molecule has 1 unspecified atom stereocenters. The third kappa shape index (κ3) is 4.84. The summed E-state index contributed by atoms with van der Waals surface area (Å²) in [6.07, 6.45) is 4.88. The van der Waals surface area contributed by atoms with Crippen molar-refractivity contribution in [2.24, 2.45) is 0 Å². The van der Waals surface area contributed by atoms with E-state index in [1.807, 2.05) is 6.92 Å². The Balaban J connectivity index is 1.66. The molecule has 1 fully saturated rings. The van der Waals surface area contributed by atoms with Crippen LogP contribution in [0.4, 0.5) is 4.39 Å². The maximum atomic E-state index is 13.0. The Kier molecular flexibility index (Phi) is 6.57. The lowest BCUT2D eigenvalue weighted by molar-refractivity contribution is 0.0825. The Hall–Kier alpha value is -2.54. The Bertz CT molecular complexity index is 811. The van der Waals surface area contributed by atoms with Crippen molar-refractivity contribution in [1.29, 1.82) is 0 Å². The molecule has 1 amide bonds. The van der Waals surface area contributed by atoms with Crippen molar-refractivity contribution < 1.29 is 13.9 Å². The van der Waals surface area contributed by atoms with Crippen molar-refractivity contribution in [3.05, 3.63) is 53.4 Å². The summed E-state index contributed by atoms with van der Waals surface area (Å²) in [5.74, 6) is 1.06. The highest BCUT2D eigenvalue weighted by Gasteiger charge is 2.27. The van der Waals surface area contributed by atoms with Gasteiger partial charge in [-0.2, -0.15) is 0 Å². The average Bonchev–Trinajstić information content (AvgIpc) is 2.69. The highest BCUT2D eigenvalue weighted by molar-refractivity contribution is 5.94. The second kappa shape index (κ2) is 9.10. The normalized spacial score (nSPS) is 17.4. The summed E-state index contributed by atoms with van der Waals surface area (Å²) in [6, 6.07) is 6.18. The first-order valence-corrected chi connectivity index (χ1v) is 9.63. The first kappa shape index (κ1) is 20.2. The van der Waals surface area contributed by atoms with Gasteiger partial charge in [0.1, 0.15) is 24.0 Å². The Morgan fingerprint density at radius 1 is 1.29 bits per heavy atom. The predicted octanol–water partition coefficient (Wildman–Crippen LogP) is 3.23. The summed E-state index contributed by atoms with van der Waals surface area (Å²) in [5, 5.41) is 0. The number of nitrogens with zero attached hydrogens (tertiary/aromatic N) is 4. The van der Waals surface area contributed by atoms with Gasteiger partial charge in [-0.25, -0.2) is 14.4 Å². The number of halogens is 1. The van der Waals surface area contributed by atoms with Crippen LogP contribution in [-0.4, -0.2) is 59.5 Å². The Labute approximate surface area is 165 Å². The molecule has 0 bridgehead atoms. The van der Waals surface area contributed by atoms with E-state index in [1.54, 1.807) is 32.4 Å². The van der Waals surface area contributed by atoms with Crippen LogP contribution in [0, 0.1) is 12.7 Å². The molecular formula is C21H27FN4O2. The van der Waals surface area contributed by atoms with Crippen LogP contribution in [0.15, 0.2) is 30.5 Å². The van der Waals surface area contributed by atoms with E-state index in [0.717, 1.165) is 38.2 Å². The van der Waals surface area contributed by atoms with E-state index < -0.39 is 0 Å². The second-order valence-electron chi connectivity index (χ2n) is 7.28. The summed E-state index contributed by atoms with van der Waals surface area (Å²) in [5.41, 5.74) is 1.24. The summed E-state index contributed by atoms with van der Waals surface area (Å²) in [6.45, 7) is 4.06. The standard InChI is InChI=1S/C21H27FN4O2/c1-15-18(21(27)25(2)3)14-23-20(24-15)19-6-4-5-11-26(19)12-13-28-17-9-7-16(22)8-10-17/h7-10,14,19H,4-6,11-13H2,1-3H3. The van der Waals surface area contributed by atoms with Gasteiger partial charge in [0.25, 0.3) is 5.91 Å². The van der Waals surface area contributed by atoms with E-state index in [2.05, 4.69) is 14.9 Å². The summed E-state index contributed by atoms with van der Waals surface area (Å²) in [7, 11) is 3.44. The van der Waals surface area contributed by atoms with Crippen LogP contribution < -0.4 is 4.74 Å². The first-order chi connectivity index (χ1) is 13.5. The SMILES string of the molecule is Cc1nc(C2CCCCN2CCOc2ccc(F)cc2)ncc1C(=O)N(C)C. The minimum absolute atomic E-state index is 0.0859. The molecule has 7 heteroatoms. The van der Waals surface area contributed by atoms with Crippen LogP contribution in [0.25, 0.3) is 0 Å². The molecule has 1 aliphatic heterocycles. The number of carbonyl (C=O) groups is 1. The van der Waals surface area contributed by atoms with Gasteiger partial charge in [0, 0.05) is 26.8 Å². The zero-order valence-electron chi connectivity index (χ0n) is 16.7. The number of aromatic nitrogens is 2. The third-order valence-corrected chi connectivity index (χ3v) is 5.01. The van der Waals surface area contributed by atoms with Crippen molar-refractivity contribution in [2.75, 3.05) is 33.8 Å². The van der Waals surface area contributed by atoms with Gasteiger partial charge in [-0.3, -0.25) is 9.69 Å². The van der Waals surface area contributed by atoms with Gasteiger partial charge in [-0.05, 0) is 50.6 Å². The van der Waals surface area contributed by atoms with E-state index in [9.17, 15) is 9.18 Å². The number of rotatable bonds is 6. The second-order valence-corrected chi connectivity index (χ2v) is 7.28. The van der Waals surface area contributed by atoms with Crippen LogP contribution in [-0.2, 0) is 0 Å². The van der Waals surface area contributed by atoms with Crippen LogP contribution >= 0.6 is 0 Å². The topological polar surface area (TPSA) is 58.6 Å². The van der Waals surface area contributed by atoms with Crippen LogP contribution in [0.1, 0.15) is 47.2 Å². The molecule has 1 aromatic carbocycles. The van der Waals surface area contributed by atoms with E-state index in [-0.39, 0.29) is 17.8 Å². The fourth-order valence-electron chi connectivity index (χ4n) is 3.46. The number of carbonyl (C=O) groups excluding carboxylic acids is 1. The molecule has 6 nitrogen and oxygen atoms in total. The van der Waals surface area contributed by atoms with E-state index in [0.29, 0.717) is 23.6 Å². The molecule has 0 radical (unpaired) electrons. The molecule has 0 aliphatic carbocycles. The fraction of sp³-hybridized carbons (Fsp3) is 0.476. The third-order valence-electron chi connectivity index (χ3n) is 5.01. The van der Waals surface area contributed by atoms with Crippen molar-refractivity contribution in [3.63, 3.8) is 0 Å². The number of piperidine rings is 1. The molecule has 28 heavy (non-hydrogen) atoms. The minimum atomic E-state index is -0.271. The van der Waals surface area contributed by atoms with Gasteiger partial charge in [-0.15, -0.1) is 0 Å². The molecule has 2 aromatic rings. The number of hydrogen-bond donors (Lipinski definition) is 0. The zero-order chi connectivity index (χ0) is 20.1. The molecule has 0 spiro atoms. The zero-order valence-corrected chi connectivity index (χ0v) is 16.7. The lowest BCUT2D eigenvalue weighted by Gasteiger charge is -2.34. The number of benzene rings is 1. The molecule has 0 N–H and O–H groups in total. The summed E-state index contributed by atoms with van der Waals surface area (Å²) >= 11 is 0. The monoisotopic (exact) mass is 386 g/mol. The number of aryl methyl sites for hydroxylation is 1.